The molecule has 9 heteroatoms. The quantitative estimate of drug-likeness (QED) is 0.821. The van der Waals surface area contributed by atoms with Gasteiger partial charge in [-0.15, -0.1) is 0 Å². The van der Waals surface area contributed by atoms with E-state index in [4.69, 9.17) is 11.6 Å². The Morgan fingerprint density at radius 3 is 2.85 bits per heavy atom. The minimum absolute atomic E-state index is 0.0268. The molecule has 0 unspecified atom stereocenters. The van der Waals surface area contributed by atoms with Crippen molar-refractivity contribution in [1.82, 2.24) is 13.9 Å². The van der Waals surface area contributed by atoms with Crippen LogP contribution >= 0.6 is 11.6 Å². The van der Waals surface area contributed by atoms with Crippen LogP contribution in [0.1, 0.15) is 25.3 Å². The molecule has 0 saturated carbocycles. The molecule has 2 aromatic rings. The van der Waals surface area contributed by atoms with Crippen molar-refractivity contribution in [3.8, 4) is 0 Å². The zero-order valence-electron chi connectivity index (χ0n) is 15.4. The van der Waals surface area contributed by atoms with Crippen molar-refractivity contribution in [2.24, 2.45) is 5.92 Å². The third kappa shape index (κ3) is 4.34. The average molecular weight is 411 g/mol. The van der Waals surface area contributed by atoms with Gasteiger partial charge in [-0.05, 0) is 50.5 Å². The highest BCUT2D eigenvalue weighted by molar-refractivity contribution is 7.89. The van der Waals surface area contributed by atoms with Gasteiger partial charge in [0, 0.05) is 36.5 Å². The van der Waals surface area contributed by atoms with Crippen LogP contribution in [0.2, 0.25) is 5.02 Å². The topological polar surface area (TPSA) is 84.3 Å². The van der Waals surface area contributed by atoms with E-state index in [1.165, 1.54) is 16.8 Å². The molecule has 0 bridgehead atoms. The summed E-state index contributed by atoms with van der Waals surface area (Å²) in [6.45, 7) is 4.97. The van der Waals surface area contributed by atoms with Crippen molar-refractivity contribution >= 4 is 33.2 Å². The number of nitrogens with zero attached hydrogens (tertiary/aromatic N) is 3. The summed E-state index contributed by atoms with van der Waals surface area (Å²) in [6, 6.07) is 5.25. The van der Waals surface area contributed by atoms with Gasteiger partial charge in [-0.1, -0.05) is 11.6 Å². The third-order valence-corrected chi connectivity index (χ3v) is 6.77. The first-order valence-electron chi connectivity index (χ1n) is 8.90. The van der Waals surface area contributed by atoms with Crippen molar-refractivity contribution in [3.63, 3.8) is 0 Å². The standard InChI is InChI=1S/C18H23ClN4O3S/c1-3-22-11-17(20-12-22)27(25,26)23-8-4-5-14(10-23)18(24)21-16-7-6-15(19)9-13(16)2/h6-7,9,11-12,14H,3-5,8,10H2,1-2H3,(H,21,24)/t14-/m1/s1. The van der Waals surface area contributed by atoms with E-state index in [1.54, 1.807) is 22.8 Å². The minimum Gasteiger partial charge on any atom is -0.336 e. The fraction of sp³-hybridized carbons (Fsp3) is 0.444. The average Bonchev–Trinajstić information content (AvgIpc) is 3.14. The lowest BCUT2D eigenvalue weighted by Crippen LogP contribution is -2.43. The molecule has 1 saturated heterocycles. The van der Waals surface area contributed by atoms with Gasteiger partial charge in [-0.3, -0.25) is 4.79 Å². The van der Waals surface area contributed by atoms with E-state index in [9.17, 15) is 13.2 Å². The second kappa shape index (κ2) is 8.00. The van der Waals surface area contributed by atoms with Crippen LogP contribution in [0.15, 0.2) is 35.7 Å². The summed E-state index contributed by atoms with van der Waals surface area (Å²) in [4.78, 5) is 16.7. The van der Waals surface area contributed by atoms with Crippen LogP contribution in [0, 0.1) is 12.8 Å². The van der Waals surface area contributed by atoms with Gasteiger partial charge in [-0.25, -0.2) is 13.4 Å². The van der Waals surface area contributed by atoms with Crippen LogP contribution in [0.5, 0.6) is 0 Å². The lowest BCUT2D eigenvalue weighted by atomic mass is 9.98. The molecule has 1 atom stereocenters. The maximum atomic E-state index is 12.8. The van der Waals surface area contributed by atoms with Crippen LogP contribution in [0.4, 0.5) is 5.69 Å². The summed E-state index contributed by atoms with van der Waals surface area (Å²) in [7, 11) is -3.70. The highest BCUT2D eigenvalue weighted by Crippen LogP contribution is 2.25. The van der Waals surface area contributed by atoms with Gasteiger partial charge in [0.25, 0.3) is 10.0 Å². The molecule has 1 amide bonds. The molecule has 0 spiro atoms. The Bertz CT molecular complexity index is 942. The number of aromatic nitrogens is 2. The van der Waals surface area contributed by atoms with E-state index < -0.39 is 15.9 Å². The Morgan fingerprint density at radius 1 is 1.41 bits per heavy atom. The number of rotatable bonds is 5. The highest BCUT2D eigenvalue weighted by Gasteiger charge is 2.34. The second-order valence-corrected chi connectivity index (χ2v) is 9.01. The molecular weight excluding hydrogens is 388 g/mol. The first-order valence-corrected chi connectivity index (χ1v) is 10.7. The highest BCUT2D eigenvalue weighted by atomic mass is 35.5. The van der Waals surface area contributed by atoms with Gasteiger partial charge in [0.1, 0.15) is 0 Å². The van der Waals surface area contributed by atoms with E-state index in [1.807, 2.05) is 13.8 Å². The van der Waals surface area contributed by atoms with Crippen molar-refractivity contribution in [2.75, 3.05) is 18.4 Å². The number of halogens is 1. The van der Waals surface area contributed by atoms with E-state index in [0.717, 1.165) is 5.56 Å². The van der Waals surface area contributed by atoms with Crippen LogP contribution in [-0.2, 0) is 21.4 Å². The Morgan fingerprint density at radius 2 is 2.19 bits per heavy atom. The fourth-order valence-corrected chi connectivity index (χ4v) is 4.84. The van der Waals surface area contributed by atoms with Crippen molar-refractivity contribution in [3.05, 3.63) is 41.3 Å². The molecule has 1 aliphatic rings. The lowest BCUT2D eigenvalue weighted by molar-refractivity contribution is -0.120. The molecule has 1 aromatic carbocycles. The van der Waals surface area contributed by atoms with Crippen molar-refractivity contribution in [2.45, 2.75) is 38.3 Å². The molecule has 1 fully saturated rings. The molecule has 2 heterocycles. The van der Waals surface area contributed by atoms with Gasteiger partial charge in [0.2, 0.25) is 5.91 Å². The number of carbonyl (C=O) groups excluding carboxylic acids is 1. The Balaban J connectivity index is 1.72. The summed E-state index contributed by atoms with van der Waals surface area (Å²) in [5.74, 6) is -0.587. The largest absolute Gasteiger partial charge is 0.336 e. The van der Waals surface area contributed by atoms with E-state index >= 15 is 0 Å². The van der Waals surface area contributed by atoms with Gasteiger partial charge in [0.15, 0.2) is 5.03 Å². The number of sulfonamides is 1. The summed E-state index contributed by atoms with van der Waals surface area (Å²) < 4.78 is 28.7. The van der Waals surface area contributed by atoms with Gasteiger partial charge in [0.05, 0.1) is 12.2 Å². The monoisotopic (exact) mass is 410 g/mol. The summed E-state index contributed by atoms with van der Waals surface area (Å²) in [5.41, 5.74) is 1.55. The van der Waals surface area contributed by atoms with Gasteiger partial charge < -0.3 is 9.88 Å². The summed E-state index contributed by atoms with van der Waals surface area (Å²) in [5, 5.41) is 3.52. The van der Waals surface area contributed by atoms with Gasteiger partial charge in [-0.2, -0.15) is 4.31 Å². The Labute approximate surface area is 164 Å². The van der Waals surface area contributed by atoms with Gasteiger partial charge >= 0.3 is 0 Å². The maximum absolute atomic E-state index is 12.8. The first kappa shape index (κ1) is 19.9. The number of piperidine rings is 1. The number of benzene rings is 1. The number of carbonyl (C=O) groups is 1. The molecule has 1 N–H and O–H groups in total. The molecule has 1 aromatic heterocycles. The predicted molar refractivity (Wildman–Crippen MR) is 104 cm³/mol. The number of hydrogen-bond donors (Lipinski definition) is 1. The molecule has 7 nitrogen and oxygen atoms in total. The Kier molecular flexibility index (Phi) is 5.88. The molecule has 3 rings (SSSR count). The molecule has 1 aliphatic heterocycles. The molecule has 0 aliphatic carbocycles. The van der Waals surface area contributed by atoms with Crippen LogP contribution in [-0.4, -0.2) is 41.3 Å². The smallest absolute Gasteiger partial charge is 0.262 e. The van der Waals surface area contributed by atoms with E-state index in [2.05, 4.69) is 10.3 Å². The minimum atomic E-state index is -3.70. The van der Waals surface area contributed by atoms with Crippen molar-refractivity contribution in [1.29, 1.82) is 0 Å². The third-order valence-electron chi connectivity index (χ3n) is 4.78. The van der Waals surface area contributed by atoms with E-state index in [-0.39, 0.29) is 17.5 Å². The maximum Gasteiger partial charge on any atom is 0.262 e. The SMILES string of the molecule is CCn1cnc(S(=O)(=O)N2CCC[C@@H](C(=O)Nc3ccc(Cl)cc3C)C2)c1. The predicted octanol–water partition coefficient (Wildman–Crippen LogP) is 2.90. The van der Waals surface area contributed by atoms with Crippen molar-refractivity contribution < 1.29 is 13.2 Å². The van der Waals surface area contributed by atoms with Crippen LogP contribution in [0.3, 0.4) is 0 Å². The molecular formula is C18H23ClN4O3S. The van der Waals surface area contributed by atoms with E-state index in [0.29, 0.717) is 36.6 Å². The lowest BCUT2D eigenvalue weighted by Gasteiger charge is -2.30. The first-order chi connectivity index (χ1) is 12.8. The molecule has 27 heavy (non-hydrogen) atoms. The second-order valence-electron chi connectivity index (χ2n) is 6.69. The normalized spacial score (nSPS) is 18.4. The Hall–Kier alpha value is -1.90. The zero-order chi connectivity index (χ0) is 19.6. The van der Waals surface area contributed by atoms with Crippen LogP contribution in [0.25, 0.3) is 0 Å². The van der Waals surface area contributed by atoms with Crippen LogP contribution < -0.4 is 5.32 Å². The number of imidazole rings is 1. The number of amides is 1. The fourth-order valence-electron chi connectivity index (χ4n) is 3.15. The number of aryl methyl sites for hydroxylation is 2. The number of anilines is 1. The number of hydrogen-bond acceptors (Lipinski definition) is 4. The zero-order valence-corrected chi connectivity index (χ0v) is 16.9. The number of nitrogens with one attached hydrogen (secondary N) is 1. The molecule has 146 valence electrons. The summed E-state index contributed by atoms with van der Waals surface area (Å²) >= 11 is 5.95. The summed E-state index contributed by atoms with van der Waals surface area (Å²) in [6.07, 6.45) is 4.31. The molecule has 0 radical (unpaired) electrons.